The minimum Gasteiger partial charge on any atom is -0.493 e. The van der Waals surface area contributed by atoms with E-state index in [2.05, 4.69) is 31.0 Å². The highest BCUT2D eigenvalue weighted by molar-refractivity contribution is 5.46. The maximum Gasteiger partial charge on any atom is 0.161 e. The molecule has 1 aromatic rings. The number of nitrogens with zero attached hydrogens (tertiary/aromatic N) is 1. The number of rotatable bonds is 8. The Kier molecular flexibility index (Phi) is 5.70. The Morgan fingerprint density at radius 3 is 2.41 bits per heavy atom. The van der Waals surface area contributed by atoms with Gasteiger partial charge in [-0.2, -0.15) is 0 Å². The molecule has 4 heteroatoms. The van der Waals surface area contributed by atoms with Crippen LogP contribution in [-0.2, 0) is 5.41 Å². The van der Waals surface area contributed by atoms with Crippen LogP contribution in [0.2, 0.25) is 0 Å². The molecule has 0 aliphatic heterocycles. The summed E-state index contributed by atoms with van der Waals surface area (Å²) in [5, 5.41) is 9.24. The van der Waals surface area contributed by atoms with Crippen molar-refractivity contribution < 1.29 is 14.6 Å². The molecule has 2 rings (SSSR count). The second-order valence-electron chi connectivity index (χ2n) is 6.69. The Balaban J connectivity index is 2.16. The van der Waals surface area contributed by atoms with Crippen LogP contribution in [0, 0.1) is 5.92 Å². The molecule has 0 amide bonds. The number of aliphatic hydroxyl groups excluding tert-OH is 1. The molecule has 0 heterocycles. The molecule has 0 spiro atoms. The Morgan fingerprint density at radius 1 is 1.23 bits per heavy atom. The summed E-state index contributed by atoms with van der Waals surface area (Å²) in [4.78, 5) is 2.34. The van der Waals surface area contributed by atoms with Crippen molar-refractivity contribution in [2.24, 2.45) is 5.92 Å². The van der Waals surface area contributed by atoms with Crippen LogP contribution >= 0.6 is 0 Å². The maximum absolute atomic E-state index is 9.24. The number of hydrogen-bond acceptors (Lipinski definition) is 4. The summed E-state index contributed by atoms with van der Waals surface area (Å²) >= 11 is 0. The normalized spacial score (nSPS) is 17.9. The fourth-order valence-electron chi connectivity index (χ4n) is 3.48. The molecular weight excluding hydrogens is 278 g/mol. The second-order valence-corrected chi connectivity index (χ2v) is 6.69. The number of benzene rings is 1. The van der Waals surface area contributed by atoms with E-state index in [9.17, 15) is 5.11 Å². The van der Waals surface area contributed by atoms with Gasteiger partial charge in [0.15, 0.2) is 11.5 Å². The molecule has 1 saturated carbocycles. The van der Waals surface area contributed by atoms with Gasteiger partial charge in [-0.25, -0.2) is 0 Å². The van der Waals surface area contributed by atoms with E-state index >= 15 is 0 Å². The summed E-state index contributed by atoms with van der Waals surface area (Å²) < 4.78 is 10.8. The van der Waals surface area contributed by atoms with Crippen LogP contribution in [0.1, 0.15) is 31.7 Å². The Hall–Kier alpha value is -1.26. The first-order valence-corrected chi connectivity index (χ1v) is 8.06. The largest absolute Gasteiger partial charge is 0.493 e. The van der Waals surface area contributed by atoms with E-state index in [1.807, 2.05) is 6.07 Å². The zero-order valence-corrected chi connectivity index (χ0v) is 14.3. The highest BCUT2D eigenvalue weighted by atomic mass is 16.5. The Bertz CT molecular complexity index is 485. The van der Waals surface area contributed by atoms with Gasteiger partial charge in [0, 0.05) is 25.1 Å². The predicted molar refractivity (Wildman–Crippen MR) is 88.8 cm³/mol. The molecule has 1 fully saturated rings. The number of aliphatic hydroxyl groups is 1. The van der Waals surface area contributed by atoms with Gasteiger partial charge in [-0.1, -0.05) is 19.4 Å². The van der Waals surface area contributed by atoms with Crippen LogP contribution in [0.25, 0.3) is 0 Å². The van der Waals surface area contributed by atoms with E-state index < -0.39 is 0 Å². The van der Waals surface area contributed by atoms with E-state index in [1.165, 1.54) is 24.8 Å². The molecule has 0 aromatic heterocycles. The van der Waals surface area contributed by atoms with Crippen LogP contribution < -0.4 is 9.47 Å². The first kappa shape index (κ1) is 17.1. The Morgan fingerprint density at radius 2 is 1.91 bits per heavy atom. The lowest BCUT2D eigenvalue weighted by Crippen LogP contribution is -2.45. The van der Waals surface area contributed by atoms with Gasteiger partial charge in [0.2, 0.25) is 0 Å². The monoisotopic (exact) mass is 307 g/mol. The van der Waals surface area contributed by atoms with E-state index in [0.29, 0.717) is 5.92 Å². The molecule has 1 aliphatic carbocycles. The predicted octanol–water partition coefficient (Wildman–Crippen LogP) is 2.69. The summed E-state index contributed by atoms with van der Waals surface area (Å²) in [6.07, 6.45) is 3.69. The van der Waals surface area contributed by atoms with E-state index in [0.717, 1.165) is 24.6 Å². The first-order valence-electron chi connectivity index (χ1n) is 8.06. The molecule has 0 saturated heterocycles. The van der Waals surface area contributed by atoms with Gasteiger partial charge in [-0.3, -0.25) is 0 Å². The number of methoxy groups -OCH3 is 2. The highest BCUT2D eigenvalue weighted by Crippen LogP contribution is 2.46. The molecule has 22 heavy (non-hydrogen) atoms. The minimum atomic E-state index is 0.212. The summed E-state index contributed by atoms with van der Waals surface area (Å²) in [5.41, 5.74) is 1.55. The first-order chi connectivity index (χ1) is 10.5. The molecule has 4 nitrogen and oxygen atoms in total. The zero-order valence-electron chi connectivity index (χ0n) is 14.3. The van der Waals surface area contributed by atoms with Crippen LogP contribution in [0.4, 0.5) is 0 Å². The van der Waals surface area contributed by atoms with E-state index in [-0.39, 0.29) is 12.0 Å². The smallest absolute Gasteiger partial charge is 0.161 e. The summed E-state index contributed by atoms with van der Waals surface area (Å²) in [6.45, 7) is 4.27. The second kappa shape index (κ2) is 7.34. The third kappa shape index (κ3) is 3.55. The van der Waals surface area contributed by atoms with Gasteiger partial charge in [-0.05, 0) is 43.5 Å². The third-order valence-electron chi connectivity index (χ3n) is 4.81. The van der Waals surface area contributed by atoms with Crippen LogP contribution in [0.15, 0.2) is 18.2 Å². The summed E-state index contributed by atoms with van der Waals surface area (Å²) in [6, 6.07) is 6.30. The average molecular weight is 307 g/mol. The molecule has 1 N–H and O–H groups in total. The summed E-state index contributed by atoms with van der Waals surface area (Å²) in [7, 11) is 5.50. The summed E-state index contributed by atoms with van der Waals surface area (Å²) in [5.74, 6) is 1.90. The molecular formula is C18H29NO3. The van der Waals surface area contributed by atoms with Gasteiger partial charge < -0.3 is 19.5 Å². The molecule has 124 valence electrons. The molecule has 1 atom stereocenters. The SMILES string of the molecule is COc1ccc(C2(CN(C)C[C@@H](C)CO)CCC2)cc1OC. The van der Waals surface area contributed by atoms with Crippen LogP contribution in [-0.4, -0.2) is 51.0 Å². The fourth-order valence-corrected chi connectivity index (χ4v) is 3.48. The molecule has 0 radical (unpaired) electrons. The fraction of sp³-hybridized carbons (Fsp3) is 0.667. The number of ether oxygens (including phenoxy) is 2. The average Bonchev–Trinajstić information content (AvgIpc) is 2.50. The molecule has 0 bridgehead atoms. The molecule has 1 aliphatic rings. The zero-order chi connectivity index (χ0) is 16.2. The van der Waals surface area contributed by atoms with Crippen molar-refractivity contribution >= 4 is 0 Å². The van der Waals surface area contributed by atoms with E-state index in [4.69, 9.17) is 9.47 Å². The van der Waals surface area contributed by atoms with E-state index in [1.54, 1.807) is 14.2 Å². The lowest BCUT2D eigenvalue weighted by molar-refractivity contribution is 0.130. The van der Waals surface area contributed by atoms with Gasteiger partial charge >= 0.3 is 0 Å². The van der Waals surface area contributed by atoms with Crippen molar-refractivity contribution in [3.8, 4) is 11.5 Å². The maximum atomic E-state index is 9.24. The molecule has 1 aromatic carbocycles. The van der Waals surface area contributed by atoms with Crippen molar-refractivity contribution in [2.75, 3.05) is 41.0 Å². The van der Waals surface area contributed by atoms with Gasteiger partial charge in [0.1, 0.15) is 0 Å². The topological polar surface area (TPSA) is 41.9 Å². The Labute approximate surface area is 134 Å². The highest BCUT2D eigenvalue weighted by Gasteiger charge is 2.40. The van der Waals surface area contributed by atoms with Crippen molar-refractivity contribution in [1.29, 1.82) is 0 Å². The van der Waals surface area contributed by atoms with Crippen molar-refractivity contribution in [2.45, 2.75) is 31.6 Å². The standard InChI is InChI=1S/C18H29NO3/c1-14(12-20)11-19(2)13-18(8-5-9-18)15-6-7-16(21-3)17(10-15)22-4/h6-7,10,14,20H,5,8-9,11-13H2,1-4H3/t14-/m1/s1. The minimum absolute atomic E-state index is 0.212. The van der Waals surface area contributed by atoms with Gasteiger partial charge in [-0.15, -0.1) is 0 Å². The van der Waals surface area contributed by atoms with Crippen molar-refractivity contribution in [1.82, 2.24) is 4.90 Å². The van der Waals surface area contributed by atoms with Crippen molar-refractivity contribution in [3.05, 3.63) is 23.8 Å². The quantitative estimate of drug-likeness (QED) is 0.802. The number of likely N-dealkylation sites (N-methyl/N-ethyl adjacent to an activating group) is 1. The van der Waals surface area contributed by atoms with Crippen LogP contribution in [0.5, 0.6) is 11.5 Å². The van der Waals surface area contributed by atoms with Gasteiger partial charge in [0.25, 0.3) is 0 Å². The van der Waals surface area contributed by atoms with Crippen molar-refractivity contribution in [3.63, 3.8) is 0 Å². The van der Waals surface area contributed by atoms with Gasteiger partial charge in [0.05, 0.1) is 14.2 Å². The third-order valence-corrected chi connectivity index (χ3v) is 4.81. The van der Waals surface area contributed by atoms with Crippen LogP contribution in [0.3, 0.4) is 0 Å². The lowest BCUT2D eigenvalue weighted by Gasteiger charge is -2.45. The number of hydrogen-bond donors (Lipinski definition) is 1. The lowest BCUT2D eigenvalue weighted by atomic mass is 9.64. The molecule has 0 unspecified atom stereocenters.